The number of hydrogen-bond acceptors (Lipinski definition) is 5. The molecule has 0 unspecified atom stereocenters. The monoisotopic (exact) mass is 466 g/mol. The fourth-order valence-electron chi connectivity index (χ4n) is 3.49. The first-order valence-electron chi connectivity index (χ1n) is 10.1. The van der Waals surface area contributed by atoms with Crippen LogP contribution >= 0.6 is 35.0 Å². The molecule has 0 atom stereocenters. The highest BCUT2D eigenvalue weighted by molar-refractivity contribution is 7.99. The van der Waals surface area contributed by atoms with Gasteiger partial charge in [0.25, 0.3) is 0 Å². The summed E-state index contributed by atoms with van der Waals surface area (Å²) in [6.45, 7) is 5.63. The summed E-state index contributed by atoms with van der Waals surface area (Å²) in [5.41, 5.74) is 10.2. The summed E-state index contributed by atoms with van der Waals surface area (Å²) < 4.78 is 7.58. The van der Waals surface area contributed by atoms with Crippen molar-refractivity contribution >= 4 is 51.8 Å². The molecule has 0 bridgehead atoms. The average molecular weight is 467 g/mol. The van der Waals surface area contributed by atoms with Gasteiger partial charge in [0.2, 0.25) is 0 Å². The van der Waals surface area contributed by atoms with E-state index in [0.717, 1.165) is 76.0 Å². The van der Waals surface area contributed by atoms with Crippen LogP contribution < -0.4 is 5.73 Å². The number of nitrogens with two attached hydrogens (primary N) is 1. The predicted octanol–water partition coefficient (Wildman–Crippen LogP) is 6.09. The second-order valence-electron chi connectivity index (χ2n) is 7.31. The maximum atomic E-state index is 6.25. The van der Waals surface area contributed by atoms with Gasteiger partial charge in [0.15, 0.2) is 5.82 Å². The van der Waals surface area contributed by atoms with Crippen LogP contribution in [0.3, 0.4) is 0 Å². The third-order valence-corrected chi connectivity index (χ3v) is 7.00. The van der Waals surface area contributed by atoms with Gasteiger partial charge in [-0.2, -0.15) is 0 Å². The molecule has 0 amide bonds. The zero-order chi connectivity index (χ0) is 21.7. The smallest absolute Gasteiger partial charge is 0.151 e. The summed E-state index contributed by atoms with van der Waals surface area (Å²) in [5.74, 6) is 2.54. The van der Waals surface area contributed by atoms with Crippen LogP contribution in [0.4, 0.5) is 5.82 Å². The Morgan fingerprint density at radius 3 is 2.67 bits per heavy atom. The zero-order valence-corrected chi connectivity index (χ0v) is 20.0. The van der Waals surface area contributed by atoms with Crippen LogP contribution in [0, 0.1) is 13.8 Å². The van der Waals surface area contributed by atoms with Gasteiger partial charge in [0.1, 0.15) is 11.3 Å². The standard InChI is InChI=1S/C22H28Cl2N4OS/c1-14-15(2)26-22(25)20-21(14)28(19(27-20)9-11-29-3)10-5-4-6-12-30-18-8-7-16(23)13-17(18)24/h7-8,13H,4-6,9-12H2,1-3H3,(H2,25,26). The molecule has 2 heterocycles. The number of ether oxygens (including phenoxy) is 1. The molecule has 5 nitrogen and oxygen atoms in total. The van der Waals surface area contributed by atoms with E-state index < -0.39 is 0 Å². The van der Waals surface area contributed by atoms with Crippen LogP contribution in [-0.2, 0) is 17.7 Å². The third kappa shape index (κ3) is 5.41. The Kier molecular flexibility index (Phi) is 8.28. The van der Waals surface area contributed by atoms with E-state index in [1.165, 1.54) is 0 Å². The number of pyridine rings is 1. The number of aromatic nitrogens is 3. The fourth-order valence-corrected chi connectivity index (χ4v) is 5.00. The van der Waals surface area contributed by atoms with Crippen LogP contribution in [0.2, 0.25) is 10.0 Å². The van der Waals surface area contributed by atoms with E-state index >= 15 is 0 Å². The number of thioether (sulfide) groups is 1. The Morgan fingerprint density at radius 2 is 1.93 bits per heavy atom. The summed E-state index contributed by atoms with van der Waals surface area (Å²) in [4.78, 5) is 10.3. The molecule has 0 saturated heterocycles. The van der Waals surface area contributed by atoms with Crippen LogP contribution in [0.1, 0.15) is 36.3 Å². The minimum atomic E-state index is 0.502. The Hall–Kier alpha value is -1.47. The lowest BCUT2D eigenvalue weighted by Gasteiger charge is -2.12. The Balaban J connectivity index is 1.63. The summed E-state index contributed by atoms with van der Waals surface area (Å²) in [6, 6.07) is 5.66. The highest BCUT2D eigenvalue weighted by atomic mass is 35.5. The van der Waals surface area contributed by atoms with E-state index in [1.54, 1.807) is 24.9 Å². The number of nitrogen functional groups attached to an aromatic ring is 1. The maximum absolute atomic E-state index is 6.25. The first-order chi connectivity index (χ1) is 14.4. The van der Waals surface area contributed by atoms with E-state index in [2.05, 4.69) is 16.5 Å². The van der Waals surface area contributed by atoms with Crippen molar-refractivity contribution in [3.63, 3.8) is 0 Å². The van der Waals surface area contributed by atoms with Crippen molar-refractivity contribution in [1.29, 1.82) is 0 Å². The van der Waals surface area contributed by atoms with Crippen LogP contribution in [-0.4, -0.2) is 34.0 Å². The highest BCUT2D eigenvalue weighted by Gasteiger charge is 2.17. The van der Waals surface area contributed by atoms with E-state index in [9.17, 15) is 0 Å². The molecule has 3 rings (SSSR count). The number of benzene rings is 1. The van der Waals surface area contributed by atoms with Gasteiger partial charge in [-0.05, 0) is 56.2 Å². The van der Waals surface area contributed by atoms with Gasteiger partial charge >= 0.3 is 0 Å². The molecular formula is C22H28Cl2N4OS. The summed E-state index contributed by atoms with van der Waals surface area (Å²) in [6.07, 6.45) is 4.07. The van der Waals surface area contributed by atoms with Crippen LogP contribution in [0.5, 0.6) is 0 Å². The van der Waals surface area contributed by atoms with Crippen molar-refractivity contribution in [3.8, 4) is 0 Å². The molecule has 0 aliphatic heterocycles. The molecule has 0 radical (unpaired) electrons. The number of hydrogen-bond donors (Lipinski definition) is 1. The van der Waals surface area contributed by atoms with Gasteiger partial charge in [-0.15, -0.1) is 11.8 Å². The lowest BCUT2D eigenvalue weighted by molar-refractivity contribution is 0.199. The molecule has 3 aromatic rings. The molecule has 0 aliphatic carbocycles. The van der Waals surface area contributed by atoms with Crippen molar-refractivity contribution in [2.75, 3.05) is 25.2 Å². The van der Waals surface area contributed by atoms with E-state index in [4.69, 9.17) is 38.7 Å². The summed E-state index contributed by atoms with van der Waals surface area (Å²) in [7, 11) is 1.71. The number of imidazole rings is 1. The molecule has 0 fully saturated rings. The molecule has 1 aromatic carbocycles. The molecule has 8 heteroatoms. The lowest BCUT2D eigenvalue weighted by Crippen LogP contribution is -2.08. The van der Waals surface area contributed by atoms with Gasteiger partial charge in [0, 0.05) is 35.7 Å². The molecule has 30 heavy (non-hydrogen) atoms. The number of halogens is 2. The first kappa shape index (κ1) is 23.2. The van der Waals surface area contributed by atoms with E-state index in [-0.39, 0.29) is 0 Å². The molecule has 2 N–H and O–H groups in total. The second kappa shape index (κ2) is 10.7. The number of methoxy groups -OCH3 is 1. The molecule has 0 saturated carbocycles. The molecule has 162 valence electrons. The first-order valence-corrected chi connectivity index (χ1v) is 11.8. The van der Waals surface area contributed by atoms with E-state index in [1.807, 2.05) is 19.1 Å². The van der Waals surface area contributed by atoms with Crippen molar-refractivity contribution in [3.05, 3.63) is 45.3 Å². The predicted molar refractivity (Wildman–Crippen MR) is 128 cm³/mol. The number of anilines is 1. The quantitative estimate of drug-likeness (QED) is 0.289. The van der Waals surface area contributed by atoms with Gasteiger partial charge in [-0.3, -0.25) is 0 Å². The van der Waals surface area contributed by atoms with Gasteiger partial charge in [-0.25, -0.2) is 9.97 Å². The van der Waals surface area contributed by atoms with Crippen molar-refractivity contribution < 1.29 is 4.74 Å². The normalized spacial score (nSPS) is 11.5. The SMILES string of the molecule is COCCc1nc2c(N)nc(C)c(C)c2n1CCCCCSc1ccc(Cl)cc1Cl. The summed E-state index contributed by atoms with van der Waals surface area (Å²) in [5, 5.41) is 1.39. The topological polar surface area (TPSA) is 66.0 Å². The minimum absolute atomic E-state index is 0.502. The number of rotatable bonds is 10. The van der Waals surface area contributed by atoms with E-state index in [0.29, 0.717) is 17.4 Å². The van der Waals surface area contributed by atoms with Crippen molar-refractivity contribution in [2.45, 2.75) is 51.0 Å². The van der Waals surface area contributed by atoms with Crippen molar-refractivity contribution in [1.82, 2.24) is 14.5 Å². The average Bonchev–Trinajstić information content (AvgIpc) is 3.07. The third-order valence-electron chi connectivity index (χ3n) is 5.18. The molecular weight excluding hydrogens is 439 g/mol. The van der Waals surface area contributed by atoms with Crippen molar-refractivity contribution in [2.24, 2.45) is 0 Å². The zero-order valence-electron chi connectivity index (χ0n) is 17.7. The fraction of sp³-hybridized carbons (Fsp3) is 0.455. The molecule has 2 aromatic heterocycles. The number of unbranched alkanes of at least 4 members (excludes halogenated alkanes) is 2. The Bertz CT molecular complexity index is 1020. The minimum Gasteiger partial charge on any atom is -0.384 e. The number of fused-ring (bicyclic) bond motifs is 1. The van der Waals surface area contributed by atoms with Crippen LogP contribution in [0.25, 0.3) is 11.0 Å². The number of aryl methyl sites for hydroxylation is 3. The Morgan fingerprint density at radius 1 is 1.13 bits per heavy atom. The highest BCUT2D eigenvalue weighted by Crippen LogP contribution is 2.30. The maximum Gasteiger partial charge on any atom is 0.151 e. The number of nitrogens with zero attached hydrogens (tertiary/aromatic N) is 3. The Labute approximate surface area is 192 Å². The van der Waals surface area contributed by atoms with Crippen LogP contribution in [0.15, 0.2) is 23.1 Å². The van der Waals surface area contributed by atoms with Gasteiger partial charge in [0.05, 0.1) is 17.1 Å². The molecule has 0 aliphatic rings. The summed E-state index contributed by atoms with van der Waals surface area (Å²) >= 11 is 14.0. The largest absolute Gasteiger partial charge is 0.384 e. The second-order valence-corrected chi connectivity index (χ2v) is 9.29. The lowest BCUT2D eigenvalue weighted by atomic mass is 10.2. The molecule has 0 spiro atoms. The van der Waals surface area contributed by atoms with Gasteiger partial charge < -0.3 is 15.0 Å². The van der Waals surface area contributed by atoms with Gasteiger partial charge in [-0.1, -0.05) is 29.6 Å².